The van der Waals surface area contributed by atoms with Gasteiger partial charge in [0.25, 0.3) is 5.69 Å². The van der Waals surface area contributed by atoms with Crippen LogP contribution in [-0.2, 0) is 11.8 Å². The number of rotatable bonds is 5. The van der Waals surface area contributed by atoms with Gasteiger partial charge in [-0.1, -0.05) is 12.8 Å². The fraction of sp³-hybridized carbons (Fsp3) is 0.500. The van der Waals surface area contributed by atoms with Crippen molar-refractivity contribution in [2.45, 2.75) is 45.6 Å². The minimum absolute atomic E-state index is 0.0538. The summed E-state index contributed by atoms with van der Waals surface area (Å²) in [7, 11) is 1.69. The molecule has 0 bridgehead atoms. The van der Waals surface area contributed by atoms with Gasteiger partial charge in [0.1, 0.15) is 17.6 Å². The number of pyridine rings is 1. The van der Waals surface area contributed by atoms with Crippen LogP contribution in [0, 0.1) is 23.0 Å². The Kier molecular flexibility index (Phi) is 5.38. The van der Waals surface area contributed by atoms with E-state index >= 15 is 0 Å². The van der Waals surface area contributed by atoms with Crippen LogP contribution >= 0.6 is 0 Å². The van der Waals surface area contributed by atoms with Crippen molar-refractivity contribution in [3.63, 3.8) is 0 Å². The average Bonchev–Trinajstić information content (AvgIpc) is 3.25. The standard InChI is InChI=1S/C18H23N5O4/c1-11-16(23(25)26)9-8-15(20-11)14-10-19-22(3)17(14)21-18(24)27-12(2)13-6-4-5-7-13/h8-10,12-13H,4-7H2,1-3H3,(H,21,24)/t12-/m1/s1. The van der Waals surface area contributed by atoms with Gasteiger partial charge >= 0.3 is 6.09 Å². The zero-order valence-corrected chi connectivity index (χ0v) is 15.6. The molecule has 1 fully saturated rings. The molecule has 27 heavy (non-hydrogen) atoms. The smallest absolute Gasteiger partial charge is 0.413 e. The number of nitrogens with zero attached hydrogens (tertiary/aromatic N) is 4. The van der Waals surface area contributed by atoms with Crippen molar-refractivity contribution in [1.82, 2.24) is 14.8 Å². The number of carbonyl (C=O) groups is 1. The van der Waals surface area contributed by atoms with Gasteiger partial charge in [-0.05, 0) is 38.7 Å². The number of ether oxygens (including phenoxy) is 1. The Balaban J connectivity index is 1.77. The van der Waals surface area contributed by atoms with E-state index in [2.05, 4.69) is 15.4 Å². The highest BCUT2D eigenvalue weighted by Gasteiger charge is 2.25. The van der Waals surface area contributed by atoms with Crippen molar-refractivity contribution in [3.8, 4) is 11.3 Å². The second-order valence-corrected chi connectivity index (χ2v) is 6.87. The summed E-state index contributed by atoms with van der Waals surface area (Å²) in [5.74, 6) is 0.833. The molecule has 9 nitrogen and oxygen atoms in total. The van der Waals surface area contributed by atoms with E-state index in [1.807, 2.05) is 6.92 Å². The van der Waals surface area contributed by atoms with Crippen LogP contribution in [0.2, 0.25) is 0 Å². The summed E-state index contributed by atoms with van der Waals surface area (Å²) < 4.78 is 7.04. The van der Waals surface area contributed by atoms with Crippen LogP contribution < -0.4 is 5.32 Å². The number of aromatic nitrogens is 3. The van der Waals surface area contributed by atoms with E-state index < -0.39 is 11.0 Å². The first-order chi connectivity index (χ1) is 12.9. The fourth-order valence-corrected chi connectivity index (χ4v) is 3.49. The maximum atomic E-state index is 12.3. The van der Waals surface area contributed by atoms with Crippen LogP contribution in [0.25, 0.3) is 11.3 Å². The molecule has 1 aliphatic rings. The largest absolute Gasteiger partial charge is 0.446 e. The Hall–Kier alpha value is -2.97. The molecule has 1 N–H and O–H groups in total. The van der Waals surface area contributed by atoms with Gasteiger partial charge in [-0.3, -0.25) is 20.1 Å². The maximum Gasteiger partial charge on any atom is 0.413 e. The lowest BCUT2D eigenvalue weighted by atomic mass is 10.0. The maximum absolute atomic E-state index is 12.3. The number of nitro groups is 1. The van der Waals surface area contributed by atoms with Crippen LogP contribution in [0.15, 0.2) is 18.3 Å². The monoisotopic (exact) mass is 373 g/mol. The third-order valence-corrected chi connectivity index (χ3v) is 5.05. The molecule has 1 saturated carbocycles. The summed E-state index contributed by atoms with van der Waals surface area (Å²) >= 11 is 0. The topological polar surface area (TPSA) is 112 Å². The fourth-order valence-electron chi connectivity index (χ4n) is 3.49. The molecule has 3 rings (SSSR count). The molecule has 0 aliphatic heterocycles. The molecule has 2 aromatic heterocycles. The first-order valence-corrected chi connectivity index (χ1v) is 8.99. The van der Waals surface area contributed by atoms with Crippen molar-refractivity contribution in [1.29, 1.82) is 0 Å². The van der Waals surface area contributed by atoms with Gasteiger partial charge < -0.3 is 4.74 Å². The molecular formula is C18H23N5O4. The van der Waals surface area contributed by atoms with Gasteiger partial charge in [-0.15, -0.1) is 0 Å². The number of carbonyl (C=O) groups excluding carboxylic acids is 1. The van der Waals surface area contributed by atoms with E-state index in [0.717, 1.165) is 12.8 Å². The zero-order chi connectivity index (χ0) is 19.6. The third-order valence-electron chi connectivity index (χ3n) is 5.05. The molecule has 0 aromatic carbocycles. The van der Waals surface area contributed by atoms with Crippen LogP contribution in [-0.4, -0.2) is 31.9 Å². The van der Waals surface area contributed by atoms with Gasteiger partial charge in [0.15, 0.2) is 0 Å². The van der Waals surface area contributed by atoms with E-state index in [0.29, 0.717) is 28.7 Å². The first-order valence-electron chi connectivity index (χ1n) is 8.99. The zero-order valence-electron chi connectivity index (χ0n) is 15.6. The Morgan fingerprint density at radius 3 is 2.74 bits per heavy atom. The molecule has 144 valence electrons. The molecule has 9 heteroatoms. The van der Waals surface area contributed by atoms with Crippen molar-refractivity contribution in [2.75, 3.05) is 5.32 Å². The van der Waals surface area contributed by atoms with Crippen molar-refractivity contribution >= 4 is 17.6 Å². The number of nitrogens with one attached hydrogen (secondary N) is 1. The number of hydrogen-bond donors (Lipinski definition) is 1. The second-order valence-electron chi connectivity index (χ2n) is 6.87. The summed E-state index contributed by atoms with van der Waals surface area (Å²) in [6.45, 7) is 3.49. The highest BCUT2D eigenvalue weighted by atomic mass is 16.6. The molecule has 1 amide bonds. The Bertz CT molecular complexity index is 857. The average molecular weight is 373 g/mol. The quantitative estimate of drug-likeness (QED) is 0.630. The highest BCUT2D eigenvalue weighted by Crippen LogP contribution is 2.31. The molecule has 1 atom stereocenters. The predicted molar refractivity (Wildman–Crippen MR) is 99.4 cm³/mol. The van der Waals surface area contributed by atoms with Crippen molar-refractivity contribution in [2.24, 2.45) is 13.0 Å². The van der Waals surface area contributed by atoms with E-state index in [1.54, 1.807) is 26.2 Å². The minimum Gasteiger partial charge on any atom is -0.446 e. The van der Waals surface area contributed by atoms with E-state index in [9.17, 15) is 14.9 Å². The van der Waals surface area contributed by atoms with Crippen LogP contribution in [0.5, 0.6) is 0 Å². The normalized spacial score (nSPS) is 15.5. The van der Waals surface area contributed by atoms with Gasteiger partial charge in [-0.25, -0.2) is 9.78 Å². The van der Waals surface area contributed by atoms with Gasteiger partial charge in [-0.2, -0.15) is 5.10 Å². The Labute approximate surface area is 156 Å². The number of aryl methyl sites for hydroxylation is 2. The number of amides is 1. The molecule has 1 aliphatic carbocycles. The third kappa shape index (κ3) is 4.07. The molecule has 2 heterocycles. The predicted octanol–water partition coefficient (Wildman–Crippen LogP) is 3.83. The molecule has 0 radical (unpaired) electrons. The SMILES string of the molecule is Cc1nc(-c2cnn(C)c2NC(=O)O[C@H](C)C2CCCC2)ccc1[N+](=O)[O-]. The van der Waals surface area contributed by atoms with Crippen LogP contribution in [0.4, 0.5) is 16.3 Å². The van der Waals surface area contributed by atoms with Gasteiger partial charge in [0, 0.05) is 13.1 Å². The van der Waals surface area contributed by atoms with Crippen LogP contribution in [0.1, 0.15) is 38.3 Å². The summed E-state index contributed by atoms with van der Waals surface area (Å²) in [4.78, 5) is 27.1. The molecule has 0 saturated heterocycles. The molecular weight excluding hydrogens is 350 g/mol. The van der Waals surface area contributed by atoms with E-state index in [4.69, 9.17) is 4.74 Å². The van der Waals surface area contributed by atoms with Crippen LogP contribution in [0.3, 0.4) is 0 Å². The molecule has 0 spiro atoms. The summed E-state index contributed by atoms with van der Waals surface area (Å²) in [5.41, 5.74) is 1.30. The number of hydrogen-bond acceptors (Lipinski definition) is 6. The lowest BCUT2D eigenvalue weighted by Gasteiger charge is -2.19. The summed E-state index contributed by atoms with van der Waals surface area (Å²) in [6, 6.07) is 2.94. The van der Waals surface area contributed by atoms with Gasteiger partial charge in [0.2, 0.25) is 0 Å². The lowest BCUT2D eigenvalue weighted by Crippen LogP contribution is -2.26. The Morgan fingerprint density at radius 2 is 2.11 bits per heavy atom. The Morgan fingerprint density at radius 1 is 1.41 bits per heavy atom. The lowest BCUT2D eigenvalue weighted by molar-refractivity contribution is -0.385. The highest BCUT2D eigenvalue weighted by molar-refractivity contribution is 5.89. The number of anilines is 1. The minimum atomic E-state index is -0.544. The van der Waals surface area contributed by atoms with Crippen molar-refractivity contribution < 1.29 is 14.5 Å². The second kappa shape index (κ2) is 7.73. The van der Waals surface area contributed by atoms with Crippen molar-refractivity contribution in [3.05, 3.63) is 34.1 Å². The molecule has 0 unspecified atom stereocenters. The van der Waals surface area contributed by atoms with E-state index in [1.165, 1.54) is 23.6 Å². The molecule has 2 aromatic rings. The van der Waals surface area contributed by atoms with E-state index in [-0.39, 0.29) is 11.8 Å². The first kappa shape index (κ1) is 18.8. The summed E-state index contributed by atoms with van der Waals surface area (Å²) in [5, 5.41) is 17.9. The summed E-state index contributed by atoms with van der Waals surface area (Å²) in [6.07, 6.45) is 5.38. The van der Waals surface area contributed by atoms with Gasteiger partial charge in [0.05, 0.1) is 22.4 Å².